The zero-order chi connectivity index (χ0) is 14.8. The van der Waals surface area contributed by atoms with E-state index < -0.39 is 0 Å². The third-order valence-corrected chi connectivity index (χ3v) is 3.79. The van der Waals surface area contributed by atoms with Crippen LogP contribution in [0, 0.1) is 12.8 Å². The molecule has 0 bridgehead atoms. The Morgan fingerprint density at radius 3 is 3.05 bits per heavy atom. The van der Waals surface area contributed by atoms with Gasteiger partial charge in [-0.25, -0.2) is 0 Å². The monoisotopic (exact) mass is 285 g/mol. The number of nitrogens with one attached hydrogen (secondary N) is 1. The summed E-state index contributed by atoms with van der Waals surface area (Å²) in [4.78, 5) is 12.3. The number of hydrogen-bond donors (Lipinski definition) is 1. The van der Waals surface area contributed by atoms with Crippen LogP contribution in [0.15, 0.2) is 30.3 Å². The second-order valence-corrected chi connectivity index (χ2v) is 5.44. The summed E-state index contributed by atoms with van der Waals surface area (Å²) in [6.45, 7) is 2.87. The topological polar surface area (TPSA) is 56.1 Å². The van der Waals surface area contributed by atoms with Crippen molar-refractivity contribution in [3.63, 3.8) is 0 Å². The minimum Gasteiger partial charge on any atom is -0.492 e. The average Bonchev–Trinajstić information content (AvgIpc) is 2.82. The van der Waals surface area contributed by atoms with Crippen LogP contribution in [0.3, 0.4) is 0 Å². The highest BCUT2D eigenvalue weighted by atomic mass is 16.5. The van der Waals surface area contributed by atoms with E-state index >= 15 is 0 Å². The van der Waals surface area contributed by atoms with Crippen LogP contribution < -0.4 is 10.1 Å². The number of rotatable bonds is 3. The SMILES string of the molecule is Cc1cc(CNC(=O)[C@H]2COc3ccccc3C2)n(C)n1. The van der Waals surface area contributed by atoms with Crippen molar-refractivity contribution in [2.75, 3.05) is 6.61 Å². The van der Waals surface area contributed by atoms with Crippen LogP contribution in [-0.2, 0) is 24.8 Å². The van der Waals surface area contributed by atoms with Gasteiger partial charge in [0.15, 0.2) is 0 Å². The molecule has 1 aliphatic rings. The van der Waals surface area contributed by atoms with E-state index in [0.717, 1.165) is 29.1 Å². The molecule has 0 aliphatic carbocycles. The number of carbonyl (C=O) groups excluding carboxylic acids is 1. The molecule has 1 aromatic carbocycles. The molecule has 0 saturated heterocycles. The van der Waals surface area contributed by atoms with Gasteiger partial charge in [-0.05, 0) is 31.0 Å². The summed E-state index contributed by atoms with van der Waals surface area (Å²) in [5.74, 6) is 0.793. The van der Waals surface area contributed by atoms with E-state index in [9.17, 15) is 4.79 Å². The highest BCUT2D eigenvalue weighted by Crippen LogP contribution is 2.26. The Bertz CT molecular complexity index is 663. The fraction of sp³-hybridized carbons (Fsp3) is 0.375. The van der Waals surface area contributed by atoms with E-state index in [1.54, 1.807) is 4.68 Å². The van der Waals surface area contributed by atoms with E-state index in [0.29, 0.717) is 13.2 Å². The van der Waals surface area contributed by atoms with E-state index in [4.69, 9.17) is 4.74 Å². The Kier molecular flexibility index (Phi) is 3.64. The van der Waals surface area contributed by atoms with Crippen molar-refractivity contribution in [1.29, 1.82) is 0 Å². The van der Waals surface area contributed by atoms with Gasteiger partial charge in [-0.1, -0.05) is 18.2 Å². The van der Waals surface area contributed by atoms with Crippen molar-refractivity contribution in [3.05, 3.63) is 47.3 Å². The number of para-hydroxylation sites is 1. The number of ether oxygens (including phenoxy) is 1. The summed E-state index contributed by atoms with van der Waals surface area (Å²) in [6, 6.07) is 9.86. The van der Waals surface area contributed by atoms with Crippen molar-refractivity contribution in [1.82, 2.24) is 15.1 Å². The summed E-state index contributed by atoms with van der Waals surface area (Å²) in [5.41, 5.74) is 3.05. The van der Waals surface area contributed by atoms with Crippen molar-refractivity contribution in [2.24, 2.45) is 13.0 Å². The highest BCUT2D eigenvalue weighted by molar-refractivity contribution is 5.79. The molecule has 2 heterocycles. The highest BCUT2D eigenvalue weighted by Gasteiger charge is 2.25. The van der Waals surface area contributed by atoms with E-state index in [-0.39, 0.29) is 11.8 Å². The van der Waals surface area contributed by atoms with Crippen molar-refractivity contribution >= 4 is 5.91 Å². The van der Waals surface area contributed by atoms with Gasteiger partial charge < -0.3 is 10.1 Å². The van der Waals surface area contributed by atoms with Gasteiger partial charge in [-0.2, -0.15) is 5.10 Å². The van der Waals surface area contributed by atoms with Gasteiger partial charge in [-0.15, -0.1) is 0 Å². The molecule has 0 radical (unpaired) electrons. The molecule has 5 nitrogen and oxygen atoms in total. The lowest BCUT2D eigenvalue weighted by Crippen LogP contribution is -2.37. The molecular weight excluding hydrogens is 266 g/mol. The van der Waals surface area contributed by atoms with Gasteiger partial charge in [0.1, 0.15) is 12.4 Å². The van der Waals surface area contributed by atoms with Gasteiger partial charge in [0.2, 0.25) is 5.91 Å². The second-order valence-electron chi connectivity index (χ2n) is 5.44. The third-order valence-electron chi connectivity index (χ3n) is 3.79. The first-order valence-electron chi connectivity index (χ1n) is 7.11. The summed E-state index contributed by atoms with van der Waals surface area (Å²) in [6.07, 6.45) is 0.729. The Morgan fingerprint density at radius 2 is 2.29 bits per heavy atom. The Balaban J connectivity index is 1.61. The minimum absolute atomic E-state index is 0.0309. The van der Waals surface area contributed by atoms with Crippen LogP contribution in [0.5, 0.6) is 5.75 Å². The van der Waals surface area contributed by atoms with E-state index in [1.807, 2.05) is 44.3 Å². The summed E-state index contributed by atoms with van der Waals surface area (Å²) >= 11 is 0. The van der Waals surface area contributed by atoms with Gasteiger partial charge in [-0.3, -0.25) is 9.48 Å². The molecule has 1 aliphatic heterocycles. The first-order valence-corrected chi connectivity index (χ1v) is 7.11. The zero-order valence-corrected chi connectivity index (χ0v) is 12.3. The first kappa shape index (κ1) is 13.7. The van der Waals surface area contributed by atoms with Crippen LogP contribution in [0.4, 0.5) is 0 Å². The normalized spacial score (nSPS) is 17.0. The zero-order valence-electron chi connectivity index (χ0n) is 12.3. The number of carbonyl (C=O) groups is 1. The number of benzene rings is 1. The van der Waals surface area contributed by atoms with Crippen LogP contribution >= 0.6 is 0 Å². The molecule has 0 saturated carbocycles. The van der Waals surface area contributed by atoms with Gasteiger partial charge in [0, 0.05) is 7.05 Å². The molecule has 3 rings (SSSR count). The molecule has 2 aromatic rings. The average molecular weight is 285 g/mol. The van der Waals surface area contributed by atoms with Crippen LogP contribution in [-0.4, -0.2) is 22.3 Å². The lowest BCUT2D eigenvalue weighted by Gasteiger charge is -2.24. The molecule has 5 heteroatoms. The lowest BCUT2D eigenvalue weighted by molar-refractivity contribution is -0.126. The molecule has 1 aromatic heterocycles. The number of amides is 1. The van der Waals surface area contributed by atoms with Crippen molar-refractivity contribution < 1.29 is 9.53 Å². The maximum atomic E-state index is 12.3. The molecule has 0 unspecified atom stereocenters. The largest absolute Gasteiger partial charge is 0.492 e. The second kappa shape index (κ2) is 5.60. The fourth-order valence-electron chi connectivity index (χ4n) is 2.65. The Morgan fingerprint density at radius 1 is 1.48 bits per heavy atom. The predicted molar refractivity (Wildman–Crippen MR) is 78.9 cm³/mol. The maximum absolute atomic E-state index is 12.3. The molecule has 21 heavy (non-hydrogen) atoms. The molecule has 0 fully saturated rings. The van der Waals surface area contributed by atoms with Gasteiger partial charge in [0.05, 0.1) is 23.9 Å². The van der Waals surface area contributed by atoms with Crippen molar-refractivity contribution in [3.8, 4) is 5.75 Å². The Labute approximate surface area is 123 Å². The molecule has 1 atom stereocenters. The van der Waals surface area contributed by atoms with Crippen molar-refractivity contribution in [2.45, 2.75) is 19.9 Å². The van der Waals surface area contributed by atoms with Crippen LogP contribution in [0.1, 0.15) is 17.0 Å². The van der Waals surface area contributed by atoms with E-state index in [2.05, 4.69) is 10.4 Å². The predicted octanol–water partition coefficient (Wildman–Crippen LogP) is 1.60. The molecule has 110 valence electrons. The summed E-state index contributed by atoms with van der Waals surface area (Å²) in [7, 11) is 1.88. The van der Waals surface area contributed by atoms with Gasteiger partial charge in [0.25, 0.3) is 0 Å². The standard InChI is InChI=1S/C16H19N3O2/c1-11-7-14(19(2)18-11)9-17-16(20)13-8-12-5-3-4-6-15(12)21-10-13/h3-7,13H,8-10H2,1-2H3,(H,17,20)/t13-/m1/s1. The van der Waals surface area contributed by atoms with E-state index in [1.165, 1.54) is 0 Å². The quantitative estimate of drug-likeness (QED) is 0.932. The minimum atomic E-state index is -0.130. The fourth-order valence-corrected chi connectivity index (χ4v) is 2.65. The first-order chi connectivity index (χ1) is 10.1. The summed E-state index contributed by atoms with van der Waals surface area (Å²) < 4.78 is 7.45. The molecular formula is C16H19N3O2. The molecule has 1 N–H and O–H groups in total. The number of fused-ring (bicyclic) bond motifs is 1. The van der Waals surface area contributed by atoms with Gasteiger partial charge >= 0.3 is 0 Å². The third kappa shape index (κ3) is 2.91. The maximum Gasteiger partial charge on any atom is 0.227 e. The summed E-state index contributed by atoms with van der Waals surface area (Å²) in [5, 5.41) is 7.25. The smallest absolute Gasteiger partial charge is 0.227 e. The van der Waals surface area contributed by atoms with Crippen LogP contribution in [0.2, 0.25) is 0 Å². The lowest BCUT2D eigenvalue weighted by atomic mass is 9.96. The number of aryl methyl sites for hydroxylation is 2. The Hall–Kier alpha value is -2.30. The number of nitrogens with zero attached hydrogens (tertiary/aromatic N) is 2. The number of aromatic nitrogens is 2. The molecule has 0 spiro atoms. The van der Waals surface area contributed by atoms with Crippen LogP contribution in [0.25, 0.3) is 0 Å². The molecule has 1 amide bonds. The number of hydrogen-bond acceptors (Lipinski definition) is 3.